The van der Waals surface area contributed by atoms with Crippen LogP contribution in [0.15, 0.2) is 6.07 Å². The molecule has 0 atom stereocenters. The Labute approximate surface area is 98.8 Å². The Balaban J connectivity index is 3.55. The summed E-state index contributed by atoms with van der Waals surface area (Å²) in [4.78, 5) is 0. The van der Waals surface area contributed by atoms with Gasteiger partial charge in [0.2, 0.25) is 0 Å². The summed E-state index contributed by atoms with van der Waals surface area (Å²) >= 11 is 0. The van der Waals surface area contributed by atoms with Gasteiger partial charge in [-0.1, -0.05) is 19.9 Å². The van der Waals surface area contributed by atoms with Gasteiger partial charge in [0.15, 0.2) is 0 Å². The van der Waals surface area contributed by atoms with E-state index in [-0.39, 0.29) is 5.41 Å². The van der Waals surface area contributed by atoms with Crippen LogP contribution in [0.25, 0.3) is 0 Å². The molecule has 0 saturated heterocycles. The molecule has 2 heteroatoms. The Morgan fingerprint density at radius 3 is 2.19 bits per heavy atom. The molecule has 0 aliphatic heterocycles. The standard InChI is InChI=1S/C14H23NO/c1-9-7-10(2)12(14(4,5)8-15)13(16-6)11(9)3/h7H,8,15H2,1-6H3. The summed E-state index contributed by atoms with van der Waals surface area (Å²) in [5, 5.41) is 0. The van der Waals surface area contributed by atoms with Crippen molar-refractivity contribution >= 4 is 0 Å². The second-order valence-electron chi connectivity index (χ2n) is 5.13. The van der Waals surface area contributed by atoms with Gasteiger partial charge in [0.1, 0.15) is 5.75 Å². The smallest absolute Gasteiger partial charge is 0.126 e. The van der Waals surface area contributed by atoms with Crippen molar-refractivity contribution in [1.82, 2.24) is 0 Å². The lowest BCUT2D eigenvalue weighted by molar-refractivity contribution is 0.389. The first-order chi connectivity index (χ1) is 7.35. The molecule has 0 spiro atoms. The number of hydrogen-bond donors (Lipinski definition) is 1. The maximum Gasteiger partial charge on any atom is 0.126 e. The van der Waals surface area contributed by atoms with Crippen LogP contribution in [-0.2, 0) is 5.41 Å². The summed E-state index contributed by atoms with van der Waals surface area (Å²) in [6.07, 6.45) is 0. The van der Waals surface area contributed by atoms with Crippen molar-refractivity contribution in [2.24, 2.45) is 5.73 Å². The minimum atomic E-state index is -0.0477. The van der Waals surface area contributed by atoms with Crippen molar-refractivity contribution < 1.29 is 4.74 Å². The van der Waals surface area contributed by atoms with E-state index >= 15 is 0 Å². The van der Waals surface area contributed by atoms with E-state index in [4.69, 9.17) is 10.5 Å². The predicted octanol–water partition coefficient (Wildman–Crippen LogP) is 2.86. The molecule has 2 nitrogen and oxygen atoms in total. The number of ether oxygens (including phenoxy) is 1. The molecular formula is C14H23NO. The number of aryl methyl sites for hydroxylation is 2. The summed E-state index contributed by atoms with van der Waals surface area (Å²) in [6, 6.07) is 2.21. The third-order valence-electron chi connectivity index (χ3n) is 3.38. The maximum atomic E-state index is 5.86. The van der Waals surface area contributed by atoms with E-state index in [0.717, 1.165) is 5.75 Å². The van der Waals surface area contributed by atoms with Crippen LogP contribution in [0, 0.1) is 20.8 Å². The summed E-state index contributed by atoms with van der Waals surface area (Å²) in [5.41, 5.74) is 10.8. The van der Waals surface area contributed by atoms with Crippen LogP contribution in [0.1, 0.15) is 36.1 Å². The zero-order valence-electron chi connectivity index (χ0n) is 11.3. The van der Waals surface area contributed by atoms with Gasteiger partial charge in [-0.3, -0.25) is 0 Å². The fraction of sp³-hybridized carbons (Fsp3) is 0.571. The molecular weight excluding hydrogens is 198 g/mol. The fourth-order valence-corrected chi connectivity index (χ4v) is 2.25. The molecule has 0 aliphatic carbocycles. The third kappa shape index (κ3) is 2.07. The molecule has 90 valence electrons. The van der Waals surface area contributed by atoms with Crippen molar-refractivity contribution in [3.63, 3.8) is 0 Å². The number of hydrogen-bond acceptors (Lipinski definition) is 2. The average molecular weight is 221 g/mol. The fourth-order valence-electron chi connectivity index (χ4n) is 2.25. The summed E-state index contributed by atoms with van der Waals surface area (Å²) in [5.74, 6) is 0.993. The van der Waals surface area contributed by atoms with Gasteiger partial charge in [-0.15, -0.1) is 0 Å². The van der Waals surface area contributed by atoms with E-state index < -0.39 is 0 Å². The molecule has 1 rings (SSSR count). The van der Waals surface area contributed by atoms with Gasteiger partial charge < -0.3 is 10.5 Å². The van der Waals surface area contributed by atoms with Crippen LogP contribution in [0.4, 0.5) is 0 Å². The van der Waals surface area contributed by atoms with Crippen LogP contribution < -0.4 is 10.5 Å². The zero-order chi connectivity index (χ0) is 12.5. The minimum absolute atomic E-state index is 0.0477. The van der Waals surface area contributed by atoms with Gasteiger partial charge in [-0.2, -0.15) is 0 Å². The highest BCUT2D eigenvalue weighted by molar-refractivity contribution is 5.52. The number of nitrogens with two attached hydrogens (primary N) is 1. The van der Waals surface area contributed by atoms with Gasteiger partial charge in [-0.25, -0.2) is 0 Å². The van der Waals surface area contributed by atoms with Crippen molar-refractivity contribution in [1.29, 1.82) is 0 Å². The molecule has 0 aromatic heterocycles. The van der Waals surface area contributed by atoms with Crippen LogP contribution in [0.2, 0.25) is 0 Å². The Morgan fingerprint density at radius 2 is 1.75 bits per heavy atom. The molecule has 0 unspecified atom stereocenters. The lowest BCUT2D eigenvalue weighted by Crippen LogP contribution is -2.30. The lowest BCUT2D eigenvalue weighted by Gasteiger charge is -2.29. The SMILES string of the molecule is COc1c(C)c(C)cc(C)c1C(C)(C)CN. The molecule has 0 saturated carbocycles. The van der Waals surface area contributed by atoms with Gasteiger partial charge in [0.25, 0.3) is 0 Å². The second-order valence-corrected chi connectivity index (χ2v) is 5.13. The molecule has 1 aromatic rings. The minimum Gasteiger partial charge on any atom is -0.496 e. The summed E-state index contributed by atoms with van der Waals surface area (Å²) in [7, 11) is 1.73. The Morgan fingerprint density at radius 1 is 1.19 bits per heavy atom. The van der Waals surface area contributed by atoms with E-state index in [9.17, 15) is 0 Å². The molecule has 0 aliphatic rings. The molecule has 16 heavy (non-hydrogen) atoms. The van der Waals surface area contributed by atoms with Crippen molar-refractivity contribution in [3.05, 3.63) is 28.3 Å². The third-order valence-corrected chi connectivity index (χ3v) is 3.38. The van der Waals surface area contributed by atoms with Gasteiger partial charge in [0, 0.05) is 17.5 Å². The summed E-state index contributed by atoms with van der Waals surface area (Å²) in [6.45, 7) is 11.3. The highest BCUT2D eigenvalue weighted by atomic mass is 16.5. The van der Waals surface area contributed by atoms with E-state index in [1.54, 1.807) is 7.11 Å². The summed E-state index contributed by atoms with van der Waals surface area (Å²) < 4.78 is 5.57. The largest absolute Gasteiger partial charge is 0.496 e. The number of benzene rings is 1. The van der Waals surface area contributed by atoms with Gasteiger partial charge in [-0.05, 0) is 37.5 Å². The molecule has 2 N–H and O–H groups in total. The van der Waals surface area contributed by atoms with Crippen molar-refractivity contribution in [3.8, 4) is 5.75 Å². The number of methoxy groups -OCH3 is 1. The average Bonchev–Trinajstić information content (AvgIpc) is 2.22. The first kappa shape index (κ1) is 13.0. The normalized spacial score (nSPS) is 11.7. The van der Waals surface area contributed by atoms with Crippen molar-refractivity contribution in [2.45, 2.75) is 40.0 Å². The lowest BCUT2D eigenvalue weighted by atomic mass is 9.79. The van der Waals surface area contributed by atoms with Gasteiger partial charge in [0.05, 0.1) is 7.11 Å². The first-order valence-corrected chi connectivity index (χ1v) is 5.70. The highest BCUT2D eigenvalue weighted by Gasteiger charge is 2.26. The first-order valence-electron chi connectivity index (χ1n) is 5.70. The number of rotatable bonds is 3. The molecule has 0 radical (unpaired) electrons. The Kier molecular flexibility index (Phi) is 3.64. The van der Waals surface area contributed by atoms with Crippen LogP contribution in [0.3, 0.4) is 0 Å². The molecule has 0 fully saturated rings. The zero-order valence-corrected chi connectivity index (χ0v) is 11.3. The van der Waals surface area contributed by atoms with E-state index in [1.807, 2.05) is 0 Å². The second kappa shape index (κ2) is 4.46. The molecule has 0 amide bonds. The van der Waals surface area contributed by atoms with E-state index in [0.29, 0.717) is 6.54 Å². The molecule has 1 aromatic carbocycles. The highest BCUT2D eigenvalue weighted by Crippen LogP contribution is 2.37. The Hall–Kier alpha value is -1.02. The monoisotopic (exact) mass is 221 g/mol. The van der Waals surface area contributed by atoms with Crippen molar-refractivity contribution in [2.75, 3.05) is 13.7 Å². The molecule has 0 bridgehead atoms. The van der Waals surface area contributed by atoms with Crippen LogP contribution >= 0.6 is 0 Å². The van der Waals surface area contributed by atoms with Gasteiger partial charge >= 0.3 is 0 Å². The van der Waals surface area contributed by atoms with E-state index in [2.05, 4.69) is 40.7 Å². The quantitative estimate of drug-likeness (QED) is 0.851. The maximum absolute atomic E-state index is 5.86. The van der Waals surface area contributed by atoms with Crippen LogP contribution in [0.5, 0.6) is 5.75 Å². The molecule has 0 heterocycles. The Bertz CT molecular complexity index is 394. The topological polar surface area (TPSA) is 35.2 Å². The van der Waals surface area contributed by atoms with Crippen LogP contribution in [-0.4, -0.2) is 13.7 Å². The van der Waals surface area contributed by atoms with E-state index in [1.165, 1.54) is 22.3 Å². The predicted molar refractivity (Wildman–Crippen MR) is 69.3 cm³/mol.